The first-order valence-electron chi connectivity index (χ1n) is 6.67. The van der Waals surface area contributed by atoms with Gasteiger partial charge in [-0.25, -0.2) is 0 Å². The van der Waals surface area contributed by atoms with E-state index >= 15 is 0 Å². The van der Waals surface area contributed by atoms with Crippen molar-refractivity contribution in [3.05, 3.63) is 29.8 Å². The lowest BCUT2D eigenvalue weighted by atomic mass is 9.88. The van der Waals surface area contributed by atoms with Gasteiger partial charge in [-0.2, -0.15) is 0 Å². The summed E-state index contributed by atoms with van der Waals surface area (Å²) in [7, 11) is 2.07. The number of hydrogen-bond acceptors (Lipinski definition) is 2. The number of ether oxygens (including phenoxy) is 1. The van der Waals surface area contributed by atoms with Crippen molar-refractivity contribution in [2.75, 3.05) is 13.7 Å². The Morgan fingerprint density at radius 3 is 2.71 bits per heavy atom. The van der Waals surface area contributed by atoms with Gasteiger partial charge >= 0.3 is 0 Å². The summed E-state index contributed by atoms with van der Waals surface area (Å²) in [6.07, 6.45) is 2.53. The molecule has 3 atom stereocenters. The highest BCUT2D eigenvalue weighted by Crippen LogP contribution is 2.42. The van der Waals surface area contributed by atoms with Crippen molar-refractivity contribution in [1.29, 1.82) is 0 Å². The van der Waals surface area contributed by atoms with Gasteiger partial charge in [0.1, 0.15) is 5.75 Å². The molecule has 2 heteroatoms. The van der Waals surface area contributed by atoms with Gasteiger partial charge in [-0.1, -0.05) is 25.1 Å². The second kappa shape index (κ2) is 5.54. The first kappa shape index (κ1) is 12.4. The van der Waals surface area contributed by atoms with Crippen molar-refractivity contribution in [2.24, 2.45) is 5.92 Å². The summed E-state index contributed by atoms with van der Waals surface area (Å²) in [6, 6.07) is 9.15. The molecular weight excluding hydrogens is 210 g/mol. The van der Waals surface area contributed by atoms with Crippen LogP contribution in [0.25, 0.3) is 0 Å². The van der Waals surface area contributed by atoms with E-state index in [2.05, 4.69) is 43.6 Å². The van der Waals surface area contributed by atoms with Crippen LogP contribution in [0.4, 0.5) is 0 Å². The molecule has 94 valence electrons. The van der Waals surface area contributed by atoms with Crippen LogP contribution in [0.1, 0.15) is 38.2 Å². The zero-order chi connectivity index (χ0) is 12.3. The maximum Gasteiger partial charge on any atom is 0.122 e. The Morgan fingerprint density at radius 2 is 2.06 bits per heavy atom. The van der Waals surface area contributed by atoms with Crippen molar-refractivity contribution in [3.8, 4) is 5.75 Å². The van der Waals surface area contributed by atoms with Crippen molar-refractivity contribution in [2.45, 2.75) is 38.6 Å². The summed E-state index contributed by atoms with van der Waals surface area (Å²) in [5, 5.41) is 3.42. The molecular formula is C15H23NO. The van der Waals surface area contributed by atoms with E-state index in [1.165, 1.54) is 18.4 Å². The van der Waals surface area contributed by atoms with Crippen LogP contribution in [0.3, 0.4) is 0 Å². The van der Waals surface area contributed by atoms with E-state index in [1.807, 2.05) is 6.92 Å². The Kier molecular flexibility index (Phi) is 4.06. The third-order valence-corrected chi connectivity index (χ3v) is 4.05. The van der Waals surface area contributed by atoms with Gasteiger partial charge in [0.25, 0.3) is 0 Å². The average molecular weight is 233 g/mol. The van der Waals surface area contributed by atoms with Crippen molar-refractivity contribution >= 4 is 0 Å². The van der Waals surface area contributed by atoms with Crippen LogP contribution in [0.2, 0.25) is 0 Å². The lowest BCUT2D eigenvalue weighted by Crippen LogP contribution is -2.28. The van der Waals surface area contributed by atoms with Crippen LogP contribution < -0.4 is 10.1 Å². The maximum absolute atomic E-state index is 5.75. The summed E-state index contributed by atoms with van der Waals surface area (Å²) >= 11 is 0. The SMILES string of the molecule is CCOc1ccccc1C1CCC(NC)C1C. The van der Waals surface area contributed by atoms with Crippen LogP contribution in [0, 0.1) is 5.92 Å². The van der Waals surface area contributed by atoms with E-state index in [9.17, 15) is 0 Å². The molecule has 0 heterocycles. The molecule has 0 aliphatic heterocycles. The van der Waals surface area contributed by atoms with Gasteiger partial charge in [0.05, 0.1) is 6.61 Å². The summed E-state index contributed by atoms with van der Waals surface area (Å²) in [5.74, 6) is 2.39. The van der Waals surface area contributed by atoms with Gasteiger partial charge in [0.15, 0.2) is 0 Å². The van der Waals surface area contributed by atoms with Crippen molar-refractivity contribution in [3.63, 3.8) is 0 Å². The fraction of sp³-hybridized carbons (Fsp3) is 0.600. The minimum Gasteiger partial charge on any atom is -0.494 e. The fourth-order valence-electron chi connectivity index (χ4n) is 3.09. The smallest absolute Gasteiger partial charge is 0.122 e. The summed E-state index contributed by atoms with van der Waals surface area (Å²) in [5.41, 5.74) is 1.39. The number of rotatable bonds is 4. The molecule has 1 aromatic carbocycles. The third-order valence-electron chi connectivity index (χ3n) is 4.05. The minimum absolute atomic E-state index is 0.634. The molecule has 1 aromatic rings. The first-order chi connectivity index (χ1) is 8.27. The van der Waals surface area contributed by atoms with Gasteiger partial charge < -0.3 is 10.1 Å². The van der Waals surface area contributed by atoms with Gasteiger partial charge in [0, 0.05) is 6.04 Å². The number of nitrogens with one attached hydrogen (secondary N) is 1. The Morgan fingerprint density at radius 1 is 1.29 bits per heavy atom. The van der Waals surface area contributed by atoms with E-state index < -0.39 is 0 Å². The minimum atomic E-state index is 0.634. The summed E-state index contributed by atoms with van der Waals surface area (Å²) < 4.78 is 5.75. The Labute approximate surface area is 104 Å². The van der Waals surface area contributed by atoms with E-state index in [1.54, 1.807) is 0 Å². The monoisotopic (exact) mass is 233 g/mol. The lowest BCUT2D eigenvalue weighted by Gasteiger charge is -2.22. The van der Waals surface area contributed by atoms with Crippen molar-refractivity contribution in [1.82, 2.24) is 5.32 Å². The zero-order valence-electron chi connectivity index (χ0n) is 11.1. The predicted octanol–water partition coefficient (Wildman–Crippen LogP) is 3.19. The number of para-hydroxylation sites is 1. The Bertz CT molecular complexity index is 364. The van der Waals surface area contributed by atoms with E-state index in [0.29, 0.717) is 17.9 Å². The molecule has 1 saturated carbocycles. The molecule has 2 rings (SSSR count). The number of hydrogen-bond donors (Lipinski definition) is 1. The van der Waals surface area contributed by atoms with Gasteiger partial charge in [0.2, 0.25) is 0 Å². The molecule has 0 aromatic heterocycles. The number of benzene rings is 1. The standard InChI is InChI=1S/C15H23NO/c1-4-17-15-8-6-5-7-13(15)12-9-10-14(16-3)11(12)2/h5-8,11-12,14,16H,4,9-10H2,1-3H3. The summed E-state index contributed by atoms with van der Waals surface area (Å²) in [6.45, 7) is 5.14. The molecule has 0 amide bonds. The highest BCUT2D eigenvalue weighted by molar-refractivity contribution is 5.37. The Hall–Kier alpha value is -1.02. The largest absolute Gasteiger partial charge is 0.494 e. The molecule has 1 N–H and O–H groups in total. The highest BCUT2D eigenvalue weighted by Gasteiger charge is 2.33. The van der Waals surface area contributed by atoms with Crippen LogP contribution in [-0.4, -0.2) is 19.7 Å². The lowest BCUT2D eigenvalue weighted by molar-refractivity contribution is 0.329. The zero-order valence-corrected chi connectivity index (χ0v) is 11.1. The quantitative estimate of drug-likeness (QED) is 0.862. The normalized spacial score (nSPS) is 28.3. The predicted molar refractivity (Wildman–Crippen MR) is 71.6 cm³/mol. The third kappa shape index (κ3) is 2.47. The van der Waals surface area contributed by atoms with Crippen LogP contribution in [-0.2, 0) is 0 Å². The van der Waals surface area contributed by atoms with Gasteiger partial charge in [-0.3, -0.25) is 0 Å². The molecule has 1 fully saturated rings. The molecule has 0 bridgehead atoms. The Balaban J connectivity index is 2.22. The summed E-state index contributed by atoms with van der Waals surface area (Å²) in [4.78, 5) is 0. The molecule has 1 aliphatic carbocycles. The fourth-order valence-corrected chi connectivity index (χ4v) is 3.09. The molecule has 0 saturated heterocycles. The van der Waals surface area contributed by atoms with Crippen LogP contribution >= 0.6 is 0 Å². The highest BCUT2D eigenvalue weighted by atomic mass is 16.5. The molecule has 3 unspecified atom stereocenters. The van der Waals surface area contributed by atoms with E-state index in [4.69, 9.17) is 4.74 Å². The van der Waals surface area contributed by atoms with Crippen LogP contribution in [0.5, 0.6) is 5.75 Å². The van der Waals surface area contributed by atoms with E-state index in [-0.39, 0.29) is 0 Å². The average Bonchev–Trinajstić information content (AvgIpc) is 2.72. The maximum atomic E-state index is 5.75. The second-order valence-corrected chi connectivity index (χ2v) is 4.91. The van der Waals surface area contributed by atoms with E-state index in [0.717, 1.165) is 12.4 Å². The van der Waals surface area contributed by atoms with Gasteiger partial charge in [-0.05, 0) is 50.3 Å². The first-order valence-corrected chi connectivity index (χ1v) is 6.67. The molecule has 17 heavy (non-hydrogen) atoms. The van der Waals surface area contributed by atoms with Crippen LogP contribution in [0.15, 0.2) is 24.3 Å². The molecule has 0 spiro atoms. The molecule has 1 aliphatic rings. The van der Waals surface area contributed by atoms with Crippen molar-refractivity contribution < 1.29 is 4.74 Å². The second-order valence-electron chi connectivity index (χ2n) is 4.91. The van der Waals surface area contributed by atoms with Gasteiger partial charge in [-0.15, -0.1) is 0 Å². The topological polar surface area (TPSA) is 21.3 Å². The molecule has 0 radical (unpaired) electrons. The molecule has 2 nitrogen and oxygen atoms in total.